The van der Waals surface area contributed by atoms with Gasteiger partial charge in [-0.1, -0.05) is 37.3 Å². The Morgan fingerprint density at radius 1 is 1.14 bits per heavy atom. The van der Waals surface area contributed by atoms with Gasteiger partial charge in [-0.3, -0.25) is 0 Å². The summed E-state index contributed by atoms with van der Waals surface area (Å²) >= 11 is 0. The molecule has 116 valence electrons. The van der Waals surface area contributed by atoms with Crippen LogP contribution in [-0.4, -0.2) is 30.1 Å². The van der Waals surface area contributed by atoms with Crippen molar-refractivity contribution in [3.63, 3.8) is 0 Å². The van der Waals surface area contributed by atoms with Crippen LogP contribution in [0.4, 0.5) is 11.6 Å². The van der Waals surface area contributed by atoms with Crippen molar-refractivity contribution in [3.05, 3.63) is 48.3 Å². The zero-order valence-electron chi connectivity index (χ0n) is 13.4. The van der Waals surface area contributed by atoms with Gasteiger partial charge in [0, 0.05) is 32.7 Å². The van der Waals surface area contributed by atoms with Crippen LogP contribution in [0.15, 0.2) is 42.7 Å². The Morgan fingerprint density at radius 2 is 1.86 bits per heavy atom. The maximum absolute atomic E-state index is 4.47. The second-order valence-corrected chi connectivity index (χ2v) is 6.25. The number of hydrogen-bond donors (Lipinski definition) is 0. The zero-order valence-corrected chi connectivity index (χ0v) is 13.4. The van der Waals surface area contributed by atoms with E-state index >= 15 is 0 Å². The Balaban J connectivity index is 1.70. The first-order chi connectivity index (χ1) is 10.7. The maximum Gasteiger partial charge on any atom is 0.134 e. The molecule has 2 aromatic rings. The Hall–Kier alpha value is -2.10. The highest BCUT2D eigenvalue weighted by Crippen LogP contribution is 2.23. The predicted octanol–water partition coefficient (Wildman–Crippen LogP) is 3.35. The van der Waals surface area contributed by atoms with Crippen LogP contribution in [0.5, 0.6) is 0 Å². The molecule has 22 heavy (non-hydrogen) atoms. The molecular formula is C18H24N4. The summed E-state index contributed by atoms with van der Waals surface area (Å²) in [5.74, 6) is 2.86. The Kier molecular flexibility index (Phi) is 4.56. The zero-order chi connectivity index (χ0) is 15.4. The van der Waals surface area contributed by atoms with Crippen molar-refractivity contribution >= 4 is 11.6 Å². The first-order valence-electron chi connectivity index (χ1n) is 8.04. The lowest BCUT2D eigenvalue weighted by atomic mass is 9.99. The standard InChI is InChI=1S/C18H24N4/c1-15-8-10-22(11-9-15)18-12-17(19-14-20-18)21(2)13-16-6-4-3-5-7-16/h3-7,12,14-15H,8-11,13H2,1-2H3. The van der Waals surface area contributed by atoms with E-state index in [4.69, 9.17) is 0 Å². The van der Waals surface area contributed by atoms with Crippen molar-refractivity contribution in [1.82, 2.24) is 9.97 Å². The van der Waals surface area contributed by atoms with Gasteiger partial charge in [-0.15, -0.1) is 0 Å². The molecule has 0 N–H and O–H groups in total. The minimum Gasteiger partial charge on any atom is -0.356 e. The highest BCUT2D eigenvalue weighted by Gasteiger charge is 2.17. The third-order valence-corrected chi connectivity index (χ3v) is 4.40. The molecule has 1 saturated heterocycles. The summed E-state index contributed by atoms with van der Waals surface area (Å²) < 4.78 is 0. The molecule has 1 fully saturated rings. The molecule has 1 aromatic heterocycles. The summed E-state index contributed by atoms with van der Waals surface area (Å²) in [7, 11) is 2.08. The summed E-state index contributed by atoms with van der Waals surface area (Å²) in [5, 5.41) is 0. The molecule has 4 nitrogen and oxygen atoms in total. The molecule has 0 spiro atoms. The molecule has 0 saturated carbocycles. The number of aromatic nitrogens is 2. The number of hydrogen-bond acceptors (Lipinski definition) is 4. The smallest absolute Gasteiger partial charge is 0.134 e. The predicted molar refractivity (Wildman–Crippen MR) is 91.2 cm³/mol. The summed E-state index contributed by atoms with van der Waals surface area (Å²) in [4.78, 5) is 13.4. The van der Waals surface area contributed by atoms with Crippen molar-refractivity contribution in [2.75, 3.05) is 29.9 Å². The van der Waals surface area contributed by atoms with Crippen LogP contribution >= 0.6 is 0 Å². The second-order valence-electron chi connectivity index (χ2n) is 6.25. The summed E-state index contributed by atoms with van der Waals surface area (Å²) in [5.41, 5.74) is 1.29. The Labute approximate surface area is 132 Å². The van der Waals surface area contributed by atoms with Crippen LogP contribution < -0.4 is 9.80 Å². The molecule has 1 aliphatic rings. The molecule has 0 radical (unpaired) electrons. The van der Waals surface area contributed by atoms with Gasteiger partial charge in [0.25, 0.3) is 0 Å². The van der Waals surface area contributed by atoms with Crippen molar-refractivity contribution < 1.29 is 0 Å². The molecule has 4 heteroatoms. The SMILES string of the molecule is CC1CCN(c2cc(N(C)Cc3ccccc3)ncn2)CC1. The molecular weight excluding hydrogens is 272 g/mol. The third-order valence-electron chi connectivity index (χ3n) is 4.40. The van der Waals surface area contributed by atoms with Crippen LogP contribution in [-0.2, 0) is 6.54 Å². The number of anilines is 2. The Morgan fingerprint density at radius 3 is 2.59 bits per heavy atom. The van der Waals surface area contributed by atoms with E-state index in [0.717, 1.165) is 37.2 Å². The molecule has 1 aromatic carbocycles. The van der Waals surface area contributed by atoms with E-state index in [1.54, 1.807) is 6.33 Å². The maximum atomic E-state index is 4.47. The molecule has 0 aliphatic carbocycles. The summed E-state index contributed by atoms with van der Waals surface area (Å²) in [6.07, 6.45) is 4.18. The van der Waals surface area contributed by atoms with Gasteiger partial charge in [-0.25, -0.2) is 9.97 Å². The molecule has 0 unspecified atom stereocenters. The normalized spacial score (nSPS) is 15.8. The minimum absolute atomic E-state index is 0.832. The largest absolute Gasteiger partial charge is 0.356 e. The number of piperidine rings is 1. The summed E-state index contributed by atoms with van der Waals surface area (Å²) in [6, 6.07) is 12.6. The fraction of sp³-hybridized carbons (Fsp3) is 0.444. The van der Waals surface area contributed by atoms with E-state index in [9.17, 15) is 0 Å². The van der Waals surface area contributed by atoms with Gasteiger partial charge >= 0.3 is 0 Å². The van der Waals surface area contributed by atoms with Crippen LogP contribution in [0.25, 0.3) is 0 Å². The fourth-order valence-corrected chi connectivity index (χ4v) is 2.89. The Bertz CT molecular complexity index is 591. The van der Waals surface area contributed by atoms with Gasteiger partial charge in [-0.05, 0) is 24.3 Å². The topological polar surface area (TPSA) is 32.3 Å². The number of benzene rings is 1. The molecule has 0 bridgehead atoms. The molecule has 0 amide bonds. The van der Waals surface area contributed by atoms with Crippen LogP contribution in [0.1, 0.15) is 25.3 Å². The lowest BCUT2D eigenvalue weighted by Crippen LogP contribution is -2.33. The lowest BCUT2D eigenvalue weighted by Gasteiger charge is -2.31. The molecule has 2 heterocycles. The number of nitrogens with zero attached hydrogens (tertiary/aromatic N) is 4. The average molecular weight is 296 g/mol. The van der Waals surface area contributed by atoms with Gasteiger partial charge in [-0.2, -0.15) is 0 Å². The fourth-order valence-electron chi connectivity index (χ4n) is 2.89. The molecule has 1 aliphatic heterocycles. The lowest BCUT2D eigenvalue weighted by molar-refractivity contribution is 0.436. The van der Waals surface area contributed by atoms with Crippen molar-refractivity contribution in [3.8, 4) is 0 Å². The van der Waals surface area contributed by atoms with E-state index < -0.39 is 0 Å². The van der Waals surface area contributed by atoms with Gasteiger partial charge in [0.15, 0.2) is 0 Å². The first-order valence-corrected chi connectivity index (χ1v) is 8.04. The van der Waals surface area contributed by atoms with E-state index in [-0.39, 0.29) is 0 Å². The van der Waals surface area contributed by atoms with E-state index in [2.05, 4.69) is 64.1 Å². The first kappa shape index (κ1) is 14.8. The molecule has 3 rings (SSSR count). The monoisotopic (exact) mass is 296 g/mol. The van der Waals surface area contributed by atoms with Gasteiger partial charge in [0.1, 0.15) is 18.0 Å². The van der Waals surface area contributed by atoms with E-state index in [1.165, 1.54) is 18.4 Å². The van der Waals surface area contributed by atoms with Crippen molar-refractivity contribution in [2.24, 2.45) is 5.92 Å². The van der Waals surface area contributed by atoms with Crippen LogP contribution in [0, 0.1) is 5.92 Å². The van der Waals surface area contributed by atoms with E-state index in [1.807, 2.05) is 6.07 Å². The third kappa shape index (κ3) is 3.56. The second kappa shape index (κ2) is 6.77. The van der Waals surface area contributed by atoms with Crippen LogP contribution in [0.2, 0.25) is 0 Å². The average Bonchev–Trinajstić information content (AvgIpc) is 2.56. The highest BCUT2D eigenvalue weighted by molar-refractivity contribution is 5.50. The van der Waals surface area contributed by atoms with Crippen molar-refractivity contribution in [2.45, 2.75) is 26.3 Å². The van der Waals surface area contributed by atoms with Gasteiger partial charge in [0.2, 0.25) is 0 Å². The quantitative estimate of drug-likeness (QED) is 0.866. The van der Waals surface area contributed by atoms with Crippen molar-refractivity contribution in [1.29, 1.82) is 0 Å². The van der Waals surface area contributed by atoms with Gasteiger partial charge < -0.3 is 9.80 Å². The van der Waals surface area contributed by atoms with E-state index in [0.29, 0.717) is 0 Å². The van der Waals surface area contributed by atoms with Crippen LogP contribution in [0.3, 0.4) is 0 Å². The number of rotatable bonds is 4. The summed E-state index contributed by atoms with van der Waals surface area (Å²) in [6.45, 7) is 5.38. The molecule has 0 atom stereocenters. The van der Waals surface area contributed by atoms with Gasteiger partial charge in [0.05, 0.1) is 0 Å². The highest BCUT2D eigenvalue weighted by atomic mass is 15.2. The minimum atomic E-state index is 0.832.